The Hall–Kier alpha value is -3.58. The predicted octanol–water partition coefficient (Wildman–Crippen LogP) is 4.34. The maximum Gasteiger partial charge on any atom is 0.336 e. The van der Waals surface area contributed by atoms with Gasteiger partial charge < -0.3 is 9.67 Å². The fourth-order valence-corrected chi connectivity index (χ4v) is 3.58. The van der Waals surface area contributed by atoms with E-state index in [0.29, 0.717) is 12.1 Å². The third-order valence-electron chi connectivity index (χ3n) is 4.21. The molecule has 0 radical (unpaired) electrons. The van der Waals surface area contributed by atoms with Crippen LogP contribution < -0.4 is 0 Å². The molecule has 3 heterocycles. The van der Waals surface area contributed by atoms with Crippen molar-refractivity contribution in [2.45, 2.75) is 6.54 Å². The number of benzene rings is 1. The van der Waals surface area contributed by atoms with E-state index in [9.17, 15) is 9.90 Å². The Kier molecular flexibility index (Phi) is 5.07. The van der Waals surface area contributed by atoms with Crippen molar-refractivity contribution in [2.24, 2.45) is 0 Å². The number of aromatic carboxylic acids is 1. The van der Waals surface area contributed by atoms with Crippen LogP contribution in [0.2, 0.25) is 0 Å². The van der Waals surface area contributed by atoms with Gasteiger partial charge in [0, 0.05) is 47.5 Å². The number of carboxylic acids is 1. The molecule has 0 aliphatic heterocycles. The summed E-state index contributed by atoms with van der Waals surface area (Å²) in [7, 11) is 0. The number of carboxylic acid groups (broad SMARTS) is 1. The second-order valence-corrected chi connectivity index (χ2v) is 6.99. The minimum absolute atomic E-state index is 0.246. The van der Waals surface area contributed by atoms with Gasteiger partial charge in [0.2, 0.25) is 0 Å². The molecule has 1 aromatic carbocycles. The lowest BCUT2D eigenvalue weighted by Crippen LogP contribution is -2.01. The number of carbonyl (C=O) groups is 1. The summed E-state index contributed by atoms with van der Waals surface area (Å²) in [4.78, 5) is 24.3. The number of hydrogen-bond acceptors (Lipinski definition) is 5. The van der Waals surface area contributed by atoms with Crippen molar-refractivity contribution in [1.82, 2.24) is 19.5 Å². The van der Waals surface area contributed by atoms with Gasteiger partial charge in [0.25, 0.3) is 0 Å². The van der Waals surface area contributed by atoms with Crippen molar-refractivity contribution >= 4 is 29.0 Å². The first kappa shape index (κ1) is 17.8. The molecule has 0 spiro atoms. The standard InChI is InChI=1S/C21H16N4O2S/c26-21(27)18-4-3-15(11-19(18)16-2-1-5-22-12-16)10-17(20-24-7-9-28-20)13-25-8-6-23-14-25/h1-12,14H,13H2,(H,26,27)/b17-10+. The molecule has 0 saturated heterocycles. The van der Waals surface area contributed by atoms with Gasteiger partial charge in [-0.2, -0.15) is 0 Å². The van der Waals surface area contributed by atoms with E-state index in [-0.39, 0.29) is 5.56 Å². The summed E-state index contributed by atoms with van der Waals surface area (Å²) in [5.41, 5.74) is 3.56. The van der Waals surface area contributed by atoms with Crippen LogP contribution >= 0.6 is 11.3 Å². The molecule has 0 unspecified atom stereocenters. The van der Waals surface area contributed by atoms with Crippen LogP contribution in [0.5, 0.6) is 0 Å². The molecule has 0 fully saturated rings. The maximum atomic E-state index is 11.7. The van der Waals surface area contributed by atoms with Gasteiger partial charge in [-0.15, -0.1) is 11.3 Å². The van der Waals surface area contributed by atoms with Crippen LogP contribution in [0, 0.1) is 0 Å². The Balaban J connectivity index is 1.79. The Morgan fingerprint density at radius 2 is 2.11 bits per heavy atom. The van der Waals surface area contributed by atoms with Crippen molar-refractivity contribution in [3.8, 4) is 11.1 Å². The molecule has 0 saturated carbocycles. The molecule has 0 bridgehead atoms. The minimum atomic E-state index is -0.965. The molecule has 4 rings (SSSR count). The van der Waals surface area contributed by atoms with Crippen LogP contribution in [-0.4, -0.2) is 30.6 Å². The fraction of sp³-hybridized carbons (Fsp3) is 0.0476. The number of hydrogen-bond donors (Lipinski definition) is 1. The summed E-state index contributed by atoms with van der Waals surface area (Å²) >= 11 is 1.56. The van der Waals surface area contributed by atoms with Crippen LogP contribution in [-0.2, 0) is 6.54 Å². The zero-order valence-electron chi connectivity index (χ0n) is 14.8. The molecule has 1 N–H and O–H groups in total. The van der Waals surface area contributed by atoms with Crippen molar-refractivity contribution in [2.75, 3.05) is 0 Å². The molecule has 0 amide bonds. The van der Waals surface area contributed by atoms with E-state index in [2.05, 4.69) is 15.0 Å². The normalized spacial score (nSPS) is 11.5. The number of allylic oxidation sites excluding steroid dienone is 1. The van der Waals surface area contributed by atoms with E-state index in [1.54, 1.807) is 54.6 Å². The Labute approximate surface area is 165 Å². The third kappa shape index (κ3) is 3.89. The van der Waals surface area contributed by atoms with E-state index in [1.807, 2.05) is 40.4 Å². The van der Waals surface area contributed by atoms with Crippen LogP contribution in [0.3, 0.4) is 0 Å². The van der Waals surface area contributed by atoms with Gasteiger partial charge in [0.05, 0.1) is 18.4 Å². The molecule has 0 aliphatic carbocycles. The summed E-state index contributed by atoms with van der Waals surface area (Å²) in [6.45, 7) is 0.621. The monoisotopic (exact) mass is 388 g/mol. The number of rotatable bonds is 6. The van der Waals surface area contributed by atoms with Crippen LogP contribution in [0.1, 0.15) is 20.9 Å². The highest BCUT2D eigenvalue weighted by molar-refractivity contribution is 7.10. The van der Waals surface area contributed by atoms with Crippen LogP contribution in [0.4, 0.5) is 0 Å². The lowest BCUT2D eigenvalue weighted by Gasteiger charge is -2.10. The Morgan fingerprint density at radius 1 is 1.18 bits per heavy atom. The SMILES string of the molecule is O=C(O)c1ccc(/C=C(\Cn2ccnc2)c2nccs2)cc1-c1cccnc1. The van der Waals surface area contributed by atoms with E-state index in [4.69, 9.17) is 0 Å². The summed E-state index contributed by atoms with van der Waals surface area (Å²) in [5.74, 6) is -0.965. The van der Waals surface area contributed by atoms with E-state index in [0.717, 1.165) is 21.7 Å². The van der Waals surface area contributed by atoms with Gasteiger partial charge in [-0.1, -0.05) is 12.1 Å². The van der Waals surface area contributed by atoms with Crippen molar-refractivity contribution in [3.05, 3.63) is 89.2 Å². The van der Waals surface area contributed by atoms with Gasteiger partial charge in [-0.05, 0) is 35.4 Å². The summed E-state index contributed by atoms with van der Waals surface area (Å²) in [6.07, 6.45) is 12.5. The average Bonchev–Trinajstić information content (AvgIpc) is 3.42. The molecule has 6 nitrogen and oxygen atoms in total. The third-order valence-corrected chi connectivity index (χ3v) is 5.06. The number of thiazole rings is 1. The predicted molar refractivity (Wildman–Crippen MR) is 109 cm³/mol. The molecule has 28 heavy (non-hydrogen) atoms. The Bertz CT molecular complexity index is 1100. The van der Waals surface area contributed by atoms with E-state index in [1.165, 1.54) is 0 Å². The molecular formula is C21H16N4O2S. The average molecular weight is 388 g/mol. The topological polar surface area (TPSA) is 80.9 Å². The zero-order valence-corrected chi connectivity index (χ0v) is 15.6. The van der Waals surface area contributed by atoms with Crippen molar-refractivity contribution < 1.29 is 9.90 Å². The lowest BCUT2D eigenvalue weighted by molar-refractivity contribution is 0.0697. The minimum Gasteiger partial charge on any atom is -0.478 e. The summed E-state index contributed by atoms with van der Waals surface area (Å²) in [5, 5.41) is 12.4. The molecule has 138 valence electrons. The van der Waals surface area contributed by atoms with Gasteiger partial charge in [0.1, 0.15) is 5.01 Å². The summed E-state index contributed by atoms with van der Waals surface area (Å²) < 4.78 is 1.97. The second kappa shape index (κ2) is 7.98. The smallest absolute Gasteiger partial charge is 0.336 e. The fourth-order valence-electron chi connectivity index (χ4n) is 2.93. The lowest BCUT2D eigenvalue weighted by atomic mass is 9.97. The number of nitrogens with zero attached hydrogens (tertiary/aromatic N) is 4. The van der Waals surface area contributed by atoms with E-state index >= 15 is 0 Å². The van der Waals surface area contributed by atoms with Gasteiger partial charge in [-0.3, -0.25) is 4.98 Å². The van der Waals surface area contributed by atoms with E-state index < -0.39 is 5.97 Å². The molecule has 4 aromatic rings. The molecule has 0 aliphatic rings. The van der Waals surface area contributed by atoms with Gasteiger partial charge >= 0.3 is 5.97 Å². The van der Waals surface area contributed by atoms with Gasteiger partial charge in [-0.25, -0.2) is 14.8 Å². The first-order valence-electron chi connectivity index (χ1n) is 8.54. The zero-order chi connectivity index (χ0) is 19.3. The number of aromatic nitrogens is 4. The quantitative estimate of drug-likeness (QED) is 0.531. The van der Waals surface area contributed by atoms with Crippen LogP contribution in [0.25, 0.3) is 22.8 Å². The molecule has 3 aromatic heterocycles. The molecule has 7 heteroatoms. The first-order valence-corrected chi connectivity index (χ1v) is 9.42. The van der Waals surface area contributed by atoms with Crippen LogP contribution in [0.15, 0.2) is 73.0 Å². The highest BCUT2D eigenvalue weighted by Crippen LogP contribution is 2.28. The molecule has 0 atom stereocenters. The molecular weight excluding hydrogens is 372 g/mol. The highest BCUT2D eigenvalue weighted by Gasteiger charge is 2.13. The number of imidazole rings is 1. The Morgan fingerprint density at radius 3 is 2.79 bits per heavy atom. The van der Waals surface area contributed by atoms with Gasteiger partial charge in [0.15, 0.2) is 0 Å². The van der Waals surface area contributed by atoms with Crippen molar-refractivity contribution in [3.63, 3.8) is 0 Å². The van der Waals surface area contributed by atoms with Crippen molar-refractivity contribution in [1.29, 1.82) is 0 Å². The second-order valence-electron chi connectivity index (χ2n) is 6.09. The highest BCUT2D eigenvalue weighted by atomic mass is 32.1. The first-order chi connectivity index (χ1) is 13.7. The summed E-state index contributed by atoms with van der Waals surface area (Å²) in [6, 6.07) is 8.97. The largest absolute Gasteiger partial charge is 0.478 e. The maximum absolute atomic E-state index is 11.7. The number of pyridine rings is 1.